The van der Waals surface area contributed by atoms with Gasteiger partial charge in [-0.15, -0.1) is 0 Å². The van der Waals surface area contributed by atoms with Gasteiger partial charge in [-0.2, -0.15) is 5.26 Å². The van der Waals surface area contributed by atoms with Gasteiger partial charge in [-0.3, -0.25) is 14.6 Å². The van der Waals surface area contributed by atoms with Crippen LogP contribution in [0.5, 0.6) is 0 Å². The summed E-state index contributed by atoms with van der Waals surface area (Å²) in [5.74, 6) is -3.77. The average Bonchev–Trinajstić information content (AvgIpc) is 3.28. The van der Waals surface area contributed by atoms with E-state index in [0.717, 1.165) is 16.0 Å². The highest BCUT2D eigenvalue weighted by molar-refractivity contribution is 6.07. The van der Waals surface area contributed by atoms with Crippen molar-refractivity contribution in [1.82, 2.24) is 20.4 Å². The molecule has 1 aromatic carbocycles. The predicted octanol–water partition coefficient (Wildman–Crippen LogP) is 3.00. The number of aryl methyl sites for hydroxylation is 2. The minimum Gasteiger partial charge on any atom is -0.361 e. The van der Waals surface area contributed by atoms with Crippen LogP contribution in [0.3, 0.4) is 0 Å². The number of carbonyl (C=O) groups is 2. The van der Waals surface area contributed by atoms with Crippen molar-refractivity contribution in [3.8, 4) is 17.2 Å². The number of nitrogens with one attached hydrogen (secondary N) is 1. The minimum absolute atomic E-state index is 0.278. The molecule has 3 aromatic rings. The summed E-state index contributed by atoms with van der Waals surface area (Å²) in [6.45, 7) is 2.27. The number of amides is 2. The summed E-state index contributed by atoms with van der Waals surface area (Å²) in [6, 6.07) is 7.42. The third kappa shape index (κ3) is 3.89. The molecule has 0 radical (unpaired) electrons. The molecule has 4 rings (SSSR count). The maximum Gasteiger partial charge on any atom is 0.268 e. The Labute approximate surface area is 181 Å². The summed E-state index contributed by atoms with van der Waals surface area (Å²) in [6.07, 6.45) is 0.768. The fraction of sp³-hybridized carbons (Fsp3) is 0.318. The van der Waals surface area contributed by atoms with Gasteiger partial charge in [0.15, 0.2) is 0 Å². The van der Waals surface area contributed by atoms with E-state index >= 15 is 0 Å². The molecule has 1 fully saturated rings. The van der Waals surface area contributed by atoms with Gasteiger partial charge in [-0.25, -0.2) is 8.78 Å². The molecular formula is C22H19F2N5O3. The van der Waals surface area contributed by atoms with Crippen LogP contribution in [0.1, 0.15) is 28.2 Å². The van der Waals surface area contributed by atoms with Gasteiger partial charge in [0.1, 0.15) is 11.8 Å². The van der Waals surface area contributed by atoms with Crippen LogP contribution in [-0.2, 0) is 4.79 Å². The molecule has 32 heavy (non-hydrogen) atoms. The highest BCUT2D eigenvalue weighted by Gasteiger charge is 2.47. The van der Waals surface area contributed by atoms with E-state index in [1.54, 1.807) is 25.1 Å². The monoisotopic (exact) mass is 439 g/mol. The smallest absolute Gasteiger partial charge is 0.268 e. The first kappa shape index (κ1) is 21.4. The van der Waals surface area contributed by atoms with Gasteiger partial charge in [0, 0.05) is 23.6 Å². The lowest BCUT2D eigenvalue weighted by molar-refractivity contribution is -0.131. The second-order valence-corrected chi connectivity index (χ2v) is 7.70. The first-order chi connectivity index (χ1) is 15.2. The van der Waals surface area contributed by atoms with Crippen molar-refractivity contribution < 1.29 is 22.9 Å². The highest BCUT2D eigenvalue weighted by Crippen LogP contribution is 2.32. The number of aromatic nitrogens is 2. The Hall–Kier alpha value is -3.87. The van der Waals surface area contributed by atoms with Gasteiger partial charge in [0.25, 0.3) is 11.8 Å². The van der Waals surface area contributed by atoms with Gasteiger partial charge in [0.2, 0.25) is 5.91 Å². The molecule has 1 atom stereocenters. The summed E-state index contributed by atoms with van der Waals surface area (Å²) in [5, 5.41) is 16.0. The van der Waals surface area contributed by atoms with Crippen molar-refractivity contribution in [1.29, 1.82) is 5.26 Å². The number of hydrogen-bond acceptors (Lipinski definition) is 6. The van der Waals surface area contributed by atoms with Crippen LogP contribution >= 0.6 is 0 Å². The molecule has 1 saturated heterocycles. The third-order valence-corrected chi connectivity index (χ3v) is 5.45. The zero-order chi connectivity index (χ0) is 23.0. The molecule has 0 spiro atoms. The number of alkyl halides is 2. The molecule has 1 aliphatic heterocycles. The maximum atomic E-state index is 13.6. The quantitative estimate of drug-likeness (QED) is 0.669. The van der Waals surface area contributed by atoms with E-state index in [1.807, 2.05) is 13.0 Å². The second-order valence-electron chi connectivity index (χ2n) is 7.70. The van der Waals surface area contributed by atoms with Crippen molar-refractivity contribution in [2.45, 2.75) is 32.2 Å². The fourth-order valence-electron chi connectivity index (χ4n) is 3.94. The summed E-state index contributed by atoms with van der Waals surface area (Å²) in [7, 11) is 0. The molecule has 0 aliphatic carbocycles. The highest BCUT2D eigenvalue weighted by atomic mass is 19.3. The Bertz CT molecular complexity index is 1240. The molecule has 0 bridgehead atoms. The van der Waals surface area contributed by atoms with Crippen molar-refractivity contribution >= 4 is 22.7 Å². The third-order valence-electron chi connectivity index (χ3n) is 5.45. The van der Waals surface area contributed by atoms with E-state index in [1.165, 1.54) is 12.3 Å². The largest absolute Gasteiger partial charge is 0.361 e. The zero-order valence-electron chi connectivity index (χ0n) is 17.4. The van der Waals surface area contributed by atoms with Gasteiger partial charge in [0.05, 0.1) is 35.9 Å². The lowest BCUT2D eigenvalue weighted by Crippen LogP contribution is -2.43. The van der Waals surface area contributed by atoms with Crippen LogP contribution in [0.25, 0.3) is 22.0 Å². The van der Waals surface area contributed by atoms with E-state index in [0.29, 0.717) is 22.4 Å². The zero-order valence-corrected chi connectivity index (χ0v) is 17.4. The number of pyridine rings is 1. The summed E-state index contributed by atoms with van der Waals surface area (Å²) in [5.41, 5.74) is 3.16. The Balaban J connectivity index is 1.57. The van der Waals surface area contributed by atoms with Gasteiger partial charge in [-0.1, -0.05) is 11.2 Å². The normalized spacial score (nSPS) is 17.3. The molecule has 0 unspecified atom stereocenters. The first-order valence-corrected chi connectivity index (χ1v) is 9.87. The van der Waals surface area contributed by atoms with Gasteiger partial charge < -0.3 is 14.7 Å². The first-order valence-electron chi connectivity index (χ1n) is 9.87. The van der Waals surface area contributed by atoms with Crippen LogP contribution < -0.4 is 5.32 Å². The fourth-order valence-corrected chi connectivity index (χ4v) is 3.94. The van der Waals surface area contributed by atoms with Crippen molar-refractivity contribution in [2.24, 2.45) is 0 Å². The Kier molecular flexibility index (Phi) is 5.34. The lowest BCUT2D eigenvalue weighted by Gasteiger charge is -2.19. The number of hydrogen-bond donors (Lipinski definition) is 1. The van der Waals surface area contributed by atoms with Crippen molar-refractivity contribution in [3.05, 3.63) is 47.5 Å². The number of rotatable bonds is 4. The Morgan fingerprint density at radius 2 is 2.12 bits per heavy atom. The van der Waals surface area contributed by atoms with E-state index in [9.17, 15) is 18.4 Å². The predicted molar refractivity (Wildman–Crippen MR) is 110 cm³/mol. The van der Waals surface area contributed by atoms with Crippen molar-refractivity contribution in [2.75, 3.05) is 13.1 Å². The van der Waals surface area contributed by atoms with Gasteiger partial charge in [-0.05, 0) is 37.6 Å². The van der Waals surface area contributed by atoms with Crippen molar-refractivity contribution in [3.63, 3.8) is 0 Å². The average molecular weight is 439 g/mol. The van der Waals surface area contributed by atoms with Crippen LogP contribution in [-0.4, -0.2) is 51.9 Å². The van der Waals surface area contributed by atoms with Crippen LogP contribution in [0.15, 0.2) is 35.0 Å². The SMILES string of the molecule is Cc1noc(C)c1-c1ccc2nccc(C(=O)NCC(=O)N3CC(F)(F)C[C@H]3C#N)c2c1. The molecule has 10 heteroatoms. The number of fused-ring (bicyclic) bond motifs is 1. The topological polar surface area (TPSA) is 112 Å². The molecule has 8 nitrogen and oxygen atoms in total. The van der Waals surface area contributed by atoms with E-state index in [4.69, 9.17) is 9.78 Å². The Morgan fingerprint density at radius 3 is 2.81 bits per heavy atom. The number of likely N-dealkylation sites (tertiary alicyclic amines) is 1. The maximum absolute atomic E-state index is 13.6. The standard InChI is InChI=1S/C22H19F2N5O3/c1-12-20(13(2)32-28-12)14-3-4-18-17(7-14)16(5-6-26-18)21(31)27-10-19(30)29-11-22(23,24)8-15(29)9-25/h3-7,15H,8,10-11H2,1-2H3,(H,27,31)/t15-/m0/s1. The van der Waals surface area contributed by atoms with Gasteiger partial charge >= 0.3 is 0 Å². The molecule has 1 aliphatic rings. The molecule has 3 heterocycles. The second kappa shape index (κ2) is 8.00. The molecule has 1 N–H and O–H groups in total. The van der Waals surface area contributed by atoms with Crippen LogP contribution in [0.4, 0.5) is 8.78 Å². The summed E-state index contributed by atoms with van der Waals surface area (Å²) < 4.78 is 32.4. The number of benzene rings is 1. The Morgan fingerprint density at radius 1 is 1.34 bits per heavy atom. The van der Waals surface area contributed by atoms with E-state index < -0.39 is 43.3 Å². The number of halogens is 2. The van der Waals surface area contributed by atoms with Crippen LogP contribution in [0.2, 0.25) is 0 Å². The molecular weight excluding hydrogens is 420 g/mol. The van der Waals surface area contributed by atoms with E-state index in [2.05, 4.69) is 15.5 Å². The van der Waals surface area contributed by atoms with Crippen LogP contribution in [0, 0.1) is 25.2 Å². The molecule has 2 amide bonds. The minimum atomic E-state index is -3.12. The summed E-state index contributed by atoms with van der Waals surface area (Å²) in [4.78, 5) is 30.3. The summed E-state index contributed by atoms with van der Waals surface area (Å²) >= 11 is 0. The lowest BCUT2D eigenvalue weighted by atomic mass is 9.99. The number of nitrogens with zero attached hydrogens (tertiary/aromatic N) is 4. The molecule has 164 valence electrons. The molecule has 2 aromatic heterocycles. The number of nitriles is 1. The van der Waals surface area contributed by atoms with E-state index in [-0.39, 0.29) is 5.56 Å². The molecule has 0 saturated carbocycles. The number of carbonyl (C=O) groups excluding carboxylic acids is 2.